The van der Waals surface area contributed by atoms with Crippen LogP contribution in [0, 0.1) is 13.8 Å². The maximum atomic E-state index is 12.7. The van der Waals surface area contributed by atoms with Crippen molar-refractivity contribution in [1.29, 1.82) is 0 Å². The summed E-state index contributed by atoms with van der Waals surface area (Å²) in [5.41, 5.74) is -1.33. The molecule has 94 heavy (non-hydrogen) atoms. The normalized spacial score (nSPS) is 13.8. The van der Waals surface area contributed by atoms with Crippen molar-refractivity contribution in [3.8, 4) is 11.5 Å². The van der Waals surface area contributed by atoms with Gasteiger partial charge in [-0.3, -0.25) is 9.11 Å². The number of hydrogen-bond acceptors (Lipinski definition) is 28. The number of azo groups is 2. The monoisotopic (exact) mass is 1320 g/mol. The summed E-state index contributed by atoms with van der Waals surface area (Å²) < 4.78 is 82.6. The van der Waals surface area contributed by atoms with Gasteiger partial charge in [-0.2, -0.15) is 57.0 Å². The lowest BCUT2D eigenvalue weighted by Gasteiger charge is -2.27. The summed E-state index contributed by atoms with van der Waals surface area (Å²) in [5, 5.41) is 90.9. The van der Waals surface area contributed by atoms with Gasteiger partial charge in [-0.15, -0.1) is 10.2 Å². The van der Waals surface area contributed by atoms with E-state index in [0.717, 1.165) is 60.7 Å². The van der Waals surface area contributed by atoms with E-state index in [1.165, 1.54) is 26.0 Å². The van der Waals surface area contributed by atoms with E-state index in [0.29, 0.717) is 64.0 Å². The second-order valence-electron chi connectivity index (χ2n) is 20.9. The topological polar surface area (TPSA) is 498 Å². The fourth-order valence-electron chi connectivity index (χ4n) is 9.94. The Morgan fingerprint density at radius 2 is 0.766 bits per heavy atom. The fourth-order valence-corrected chi connectivity index (χ4v) is 11.0. The van der Waals surface area contributed by atoms with Crippen LogP contribution in [0.15, 0.2) is 127 Å². The Kier molecular flexibility index (Phi) is 17.6. The fraction of sp³-hybridized carbons (Fsp3) is 0.172. The molecule has 11 rings (SSSR count). The van der Waals surface area contributed by atoms with Crippen LogP contribution in [0.25, 0.3) is 21.5 Å². The summed E-state index contributed by atoms with van der Waals surface area (Å²) >= 11 is 0. The van der Waals surface area contributed by atoms with E-state index in [2.05, 4.69) is 71.6 Å². The third kappa shape index (κ3) is 14.2. The standard InChI is InChI=1S/C58H50N16O18S2/c1-27-15-29-23-39(93(85,86)87)25-41(43(29)47(75)45(27)71-69-37-19-31(49(77)78)17-32(20-37)50(79)80)61-55-63-53(65-57(67-55)73-7-11-91-12-8-73)59-35-3-5-36(6-4-35)60-54-64-56(68-58(66-54)74-9-13-92-14-10-74)62-42-26-40(94(88,89)90)24-30-16-28(2)46(48(76)44(30)42)72-70-38-21-33(51(81)82)18-34(22-38)52(83)84/h3-6,15-26,75-76H,7-14H2,1-2H3,(H,77,78)(H,79,80)(H,81,82)(H,83,84)(H,85,86,87)(H,88,89,90)(H2,59,61,63,65,67)(H2,60,62,64,66,68). The van der Waals surface area contributed by atoms with Gasteiger partial charge >= 0.3 is 23.9 Å². The Balaban J connectivity index is 0.914. The number of phenolic OH excluding ortho intramolecular Hbond substituents is 2. The highest BCUT2D eigenvalue weighted by Crippen LogP contribution is 2.46. The van der Waals surface area contributed by atoms with Gasteiger partial charge in [-0.05, 0) is 133 Å². The van der Waals surface area contributed by atoms with E-state index in [4.69, 9.17) is 9.47 Å². The molecule has 0 atom stereocenters. The van der Waals surface area contributed by atoms with Gasteiger partial charge < -0.3 is 71.2 Å². The van der Waals surface area contributed by atoms with Gasteiger partial charge in [-0.1, -0.05) is 0 Å². The molecule has 36 heteroatoms. The minimum absolute atomic E-state index is 0.0426. The number of nitrogens with one attached hydrogen (secondary N) is 4. The Morgan fingerprint density at radius 1 is 0.447 bits per heavy atom. The summed E-state index contributed by atoms with van der Waals surface area (Å²) in [5.74, 6) is -7.06. The Morgan fingerprint density at radius 3 is 1.07 bits per heavy atom. The first kappa shape index (κ1) is 63.9. The second kappa shape index (κ2) is 25.9. The molecule has 12 N–H and O–H groups in total. The first-order valence-electron chi connectivity index (χ1n) is 27.7. The second-order valence-corrected chi connectivity index (χ2v) is 23.7. The predicted octanol–water partition coefficient (Wildman–Crippen LogP) is 9.16. The van der Waals surface area contributed by atoms with E-state index >= 15 is 0 Å². The number of phenols is 2. The Labute approximate surface area is 529 Å². The third-order valence-electron chi connectivity index (χ3n) is 14.4. The van der Waals surface area contributed by atoms with Crippen LogP contribution in [0.2, 0.25) is 0 Å². The van der Waals surface area contributed by atoms with Gasteiger partial charge in [0.05, 0.1) is 81.2 Å². The number of carboxylic acids is 4. The number of fused-ring (bicyclic) bond motifs is 2. The van der Waals surface area contributed by atoms with Crippen molar-refractivity contribution in [3.05, 3.63) is 130 Å². The predicted molar refractivity (Wildman–Crippen MR) is 335 cm³/mol. The molecule has 0 saturated carbocycles. The molecule has 34 nitrogen and oxygen atoms in total. The van der Waals surface area contributed by atoms with E-state index in [1.54, 1.807) is 34.1 Å². The molecule has 482 valence electrons. The lowest BCUT2D eigenvalue weighted by Crippen LogP contribution is -2.37. The van der Waals surface area contributed by atoms with Gasteiger partial charge in [0.15, 0.2) is 11.5 Å². The summed E-state index contributed by atoms with van der Waals surface area (Å²) in [6, 6.07) is 19.8. The molecule has 0 spiro atoms. The molecule has 2 saturated heterocycles. The number of carboxylic acid groups (broad SMARTS) is 4. The molecule has 2 aliphatic heterocycles. The number of benzene rings is 7. The molecule has 0 bridgehead atoms. The summed E-state index contributed by atoms with van der Waals surface area (Å²) in [6.07, 6.45) is 0. The van der Waals surface area contributed by atoms with Gasteiger partial charge in [-0.25, -0.2) is 19.2 Å². The molecule has 4 heterocycles. The van der Waals surface area contributed by atoms with Crippen LogP contribution in [0.5, 0.6) is 11.5 Å². The van der Waals surface area contributed by atoms with Crippen LogP contribution in [-0.2, 0) is 29.7 Å². The number of hydrogen-bond donors (Lipinski definition) is 12. The highest BCUT2D eigenvalue weighted by molar-refractivity contribution is 7.86. The Hall–Kier alpha value is -11.7. The maximum Gasteiger partial charge on any atom is 0.335 e. The van der Waals surface area contributed by atoms with Crippen LogP contribution in [0.3, 0.4) is 0 Å². The largest absolute Gasteiger partial charge is 0.505 e. The first-order valence-corrected chi connectivity index (χ1v) is 30.6. The number of nitrogens with zero attached hydrogens (tertiary/aromatic N) is 12. The van der Waals surface area contributed by atoms with Crippen LogP contribution >= 0.6 is 0 Å². The zero-order valence-electron chi connectivity index (χ0n) is 48.7. The third-order valence-corrected chi connectivity index (χ3v) is 16.0. The molecular formula is C58H50N16O18S2. The molecule has 0 radical (unpaired) electrons. The van der Waals surface area contributed by atoms with E-state index in [-0.39, 0.29) is 102 Å². The van der Waals surface area contributed by atoms with E-state index < -0.39 is 87.7 Å². The average Bonchev–Trinajstić information content (AvgIpc) is 0.765. The molecule has 9 aromatic rings. The number of aromatic hydroxyl groups is 2. The molecule has 0 aliphatic carbocycles. The molecule has 7 aromatic carbocycles. The van der Waals surface area contributed by atoms with Gasteiger partial charge in [0.2, 0.25) is 35.7 Å². The number of anilines is 10. The van der Waals surface area contributed by atoms with Crippen LogP contribution in [0.4, 0.5) is 81.2 Å². The number of aromatic carboxylic acids is 4. The Bertz CT molecular complexity index is 4550. The highest BCUT2D eigenvalue weighted by Gasteiger charge is 2.26. The quantitative estimate of drug-likeness (QED) is 0.0250. The number of carbonyl (C=O) groups is 4. The van der Waals surface area contributed by atoms with Gasteiger partial charge in [0.25, 0.3) is 20.2 Å². The summed E-state index contributed by atoms with van der Waals surface area (Å²) in [7, 11) is -9.80. The van der Waals surface area contributed by atoms with E-state index in [9.17, 15) is 75.8 Å². The number of ether oxygens (including phenoxy) is 2. The molecule has 0 unspecified atom stereocenters. The molecule has 2 aromatic heterocycles. The maximum absolute atomic E-state index is 12.7. The zero-order valence-corrected chi connectivity index (χ0v) is 50.4. The summed E-state index contributed by atoms with van der Waals surface area (Å²) in [4.78, 5) is 77.4. The number of aromatic nitrogens is 6. The smallest absolute Gasteiger partial charge is 0.335 e. The van der Waals surface area contributed by atoms with Crippen LogP contribution < -0.4 is 31.1 Å². The lowest BCUT2D eigenvalue weighted by molar-refractivity contribution is 0.0676. The van der Waals surface area contributed by atoms with Crippen LogP contribution in [-0.4, -0.2) is 163 Å². The van der Waals surface area contributed by atoms with Crippen molar-refractivity contribution in [2.24, 2.45) is 20.5 Å². The summed E-state index contributed by atoms with van der Waals surface area (Å²) in [6.45, 7) is 5.66. The molecule has 0 amide bonds. The van der Waals surface area contributed by atoms with Gasteiger partial charge in [0.1, 0.15) is 11.4 Å². The number of rotatable bonds is 20. The SMILES string of the molecule is Cc1cc2cc(S(=O)(=O)O)cc(Nc3nc(Nc4ccc(Nc5nc(Nc6cc(S(=O)(=O)O)cc7cc(C)c(N=Nc8cc(C(=O)O)cc(C(=O)O)c8)c(O)c67)nc(N6CCOCC6)n5)cc4)nc(N4CCOCC4)n3)c2c(O)c1N=Nc1cc(C(=O)O)cc(C(=O)O)c1. The van der Waals surface area contributed by atoms with Crippen molar-refractivity contribution in [1.82, 2.24) is 29.9 Å². The molecule has 2 fully saturated rings. The van der Waals surface area contributed by atoms with E-state index in [1.807, 2.05) is 0 Å². The van der Waals surface area contributed by atoms with Crippen LogP contribution in [0.1, 0.15) is 52.6 Å². The minimum atomic E-state index is -4.90. The zero-order chi connectivity index (χ0) is 66.9. The first-order chi connectivity index (χ1) is 44.7. The van der Waals surface area contributed by atoms with Gasteiger partial charge in [0, 0.05) is 48.3 Å². The van der Waals surface area contributed by atoms with Crippen molar-refractivity contribution in [3.63, 3.8) is 0 Å². The van der Waals surface area contributed by atoms with Crippen molar-refractivity contribution in [2.45, 2.75) is 23.6 Å². The molecular weight excluding hydrogens is 1270 g/mol. The average molecular weight is 1320 g/mol. The number of morpholine rings is 2. The highest BCUT2D eigenvalue weighted by atomic mass is 32.2. The minimum Gasteiger partial charge on any atom is -0.505 e. The number of aryl methyl sites for hydroxylation is 2. The molecule has 2 aliphatic rings. The van der Waals surface area contributed by atoms with Crippen molar-refractivity contribution < 1.29 is 85.2 Å². The van der Waals surface area contributed by atoms with Crippen molar-refractivity contribution >= 4 is 147 Å². The lowest BCUT2D eigenvalue weighted by atomic mass is 10.0. The van der Waals surface area contributed by atoms with Crippen molar-refractivity contribution in [2.75, 3.05) is 83.7 Å².